The Kier molecular flexibility index (Phi) is 1.71. The molecule has 0 aromatic heterocycles. The summed E-state index contributed by atoms with van der Waals surface area (Å²) in [5.74, 6) is 0. The zero-order chi connectivity index (χ0) is 10.6. The van der Waals surface area contributed by atoms with Gasteiger partial charge in [0.1, 0.15) is 12.1 Å². The molecule has 0 aromatic rings. The molecule has 2 aliphatic heterocycles. The van der Waals surface area contributed by atoms with Gasteiger partial charge in [0.05, 0.1) is 0 Å². The number of hydrogen-bond acceptors (Lipinski definition) is 3. The Labute approximate surface area is 87.8 Å². The van der Waals surface area contributed by atoms with E-state index in [2.05, 4.69) is 6.08 Å². The molecule has 0 radical (unpaired) electrons. The van der Waals surface area contributed by atoms with Crippen molar-refractivity contribution in [3.05, 3.63) is 23.3 Å². The summed E-state index contributed by atoms with van der Waals surface area (Å²) >= 11 is 0. The first-order valence-corrected chi connectivity index (χ1v) is 5.26. The van der Waals surface area contributed by atoms with E-state index < -0.39 is 12.2 Å². The Hall–Kier alpha value is -1.29. The molecule has 80 valence electrons. The van der Waals surface area contributed by atoms with Gasteiger partial charge >= 0.3 is 6.09 Å². The van der Waals surface area contributed by atoms with Crippen LogP contribution in [0.1, 0.15) is 13.3 Å². The molecule has 3 atom stereocenters. The van der Waals surface area contributed by atoms with Crippen LogP contribution in [0.4, 0.5) is 4.79 Å². The quantitative estimate of drug-likeness (QED) is 0.640. The maximum Gasteiger partial charge on any atom is 0.410 e. The predicted octanol–water partition coefficient (Wildman–Crippen LogP) is 0.827. The van der Waals surface area contributed by atoms with Crippen molar-refractivity contribution in [3.63, 3.8) is 0 Å². The fourth-order valence-corrected chi connectivity index (χ4v) is 2.81. The van der Waals surface area contributed by atoms with E-state index >= 15 is 0 Å². The van der Waals surface area contributed by atoms with Crippen LogP contribution in [-0.4, -0.2) is 40.9 Å². The predicted molar refractivity (Wildman–Crippen MR) is 53.2 cm³/mol. The smallest absolute Gasteiger partial charge is 0.410 e. The molecule has 4 nitrogen and oxygen atoms in total. The number of ether oxygens (including phenoxy) is 1. The lowest BCUT2D eigenvalue weighted by atomic mass is 10.0. The number of hydrogen-bond donors (Lipinski definition) is 1. The molecule has 0 bridgehead atoms. The summed E-state index contributed by atoms with van der Waals surface area (Å²) in [6, 6.07) is -0.0487. The fraction of sp³-hybridized carbons (Fsp3) is 0.545. The van der Waals surface area contributed by atoms with Gasteiger partial charge in [0, 0.05) is 6.54 Å². The maximum atomic E-state index is 11.5. The Morgan fingerprint density at radius 2 is 2.47 bits per heavy atom. The van der Waals surface area contributed by atoms with Crippen molar-refractivity contribution in [2.24, 2.45) is 0 Å². The Morgan fingerprint density at radius 1 is 1.67 bits per heavy atom. The molecule has 3 aliphatic rings. The third kappa shape index (κ3) is 0.973. The van der Waals surface area contributed by atoms with Gasteiger partial charge in [-0.2, -0.15) is 0 Å². The number of carbonyl (C=O) groups is 1. The average molecular weight is 207 g/mol. The zero-order valence-corrected chi connectivity index (χ0v) is 8.51. The summed E-state index contributed by atoms with van der Waals surface area (Å²) in [7, 11) is 0. The number of rotatable bonds is 0. The summed E-state index contributed by atoms with van der Waals surface area (Å²) < 4.78 is 5.20. The first-order valence-electron chi connectivity index (χ1n) is 5.26. The molecule has 15 heavy (non-hydrogen) atoms. The molecule has 2 fully saturated rings. The number of carbonyl (C=O) groups excluding carboxylic acids is 1. The van der Waals surface area contributed by atoms with E-state index in [9.17, 15) is 9.90 Å². The normalized spacial score (nSPS) is 40.5. The molecule has 0 spiro atoms. The van der Waals surface area contributed by atoms with Crippen molar-refractivity contribution in [3.8, 4) is 0 Å². The van der Waals surface area contributed by atoms with Crippen molar-refractivity contribution in [1.29, 1.82) is 0 Å². The third-order valence-electron chi connectivity index (χ3n) is 3.45. The van der Waals surface area contributed by atoms with E-state index in [1.807, 2.05) is 13.0 Å². The molecular weight excluding hydrogens is 194 g/mol. The molecule has 4 heteroatoms. The lowest BCUT2D eigenvalue weighted by Gasteiger charge is -2.25. The molecule has 3 rings (SSSR count). The summed E-state index contributed by atoms with van der Waals surface area (Å²) in [6.45, 7) is 2.61. The first-order chi connectivity index (χ1) is 7.24. The summed E-state index contributed by atoms with van der Waals surface area (Å²) in [5, 5.41) is 10.0. The van der Waals surface area contributed by atoms with Crippen molar-refractivity contribution >= 4 is 6.09 Å². The average Bonchev–Trinajstić information content (AvgIpc) is 2.70. The second-order valence-electron chi connectivity index (χ2n) is 4.12. The monoisotopic (exact) mass is 207 g/mol. The highest BCUT2D eigenvalue weighted by atomic mass is 16.6. The highest BCUT2D eigenvalue weighted by molar-refractivity contribution is 5.74. The van der Waals surface area contributed by atoms with Gasteiger partial charge in [-0.25, -0.2) is 4.79 Å². The van der Waals surface area contributed by atoms with Gasteiger partial charge in [-0.1, -0.05) is 12.2 Å². The van der Waals surface area contributed by atoms with E-state index in [0.29, 0.717) is 6.54 Å². The molecule has 1 amide bonds. The van der Waals surface area contributed by atoms with Crippen LogP contribution >= 0.6 is 0 Å². The standard InChI is InChI=1S/C11H13NO3/c1-2-6-7-4-3-5-12-8(7)10(9(6)13)15-11(12)14/h2,4,8-10,13H,3,5H2,1H3/b6-2-/t8?,9-,10-/m0/s1. The Morgan fingerprint density at radius 3 is 3.20 bits per heavy atom. The summed E-state index contributed by atoms with van der Waals surface area (Å²) in [4.78, 5) is 13.2. The largest absolute Gasteiger partial charge is 0.440 e. The van der Waals surface area contributed by atoms with E-state index in [4.69, 9.17) is 4.74 Å². The number of nitrogens with zero attached hydrogens (tertiary/aromatic N) is 1. The van der Waals surface area contributed by atoms with Crippen LogP contribution in [0.3, 0.4) is 0 Å². The molecular formula is C11H13NO3. The lowest BCUT2D eigenvalue weighted by molar-refractivity contribution is 0.0581. The molecule has 1 unspecified atom stereocenters. The van der Waals surface area contributed by atoms with E-state index in [1.54, 1.807) is 4.90 Å². The maximum absolute atomic E-state index is 11.5. The van der Waals surface area contributed by atoms with E-state index in [-0.39, 0.29) is 12.1 Å². The molecule has 0 aromatic carbocycles. The van der Waals surface area contributed by atoms with Gasteiger partial charge in [-0.3, -0.25) is 4.90 Å². The number of amides is 1. The van der Waals surface area contributed by atoms with Crippen molar-refractivity contribution < 1.29 is 14.6 Å². The highest BCUT2D eigenvalue weighted by Gasteiger charge is 2.54. The van der Waals surface area contributed by atoms with Gasteiger partial charge in [0.25, 0.3) is 0 Å². The minimum Gasteiger partial charge on any atom is -0.440 e. The van der Waals surface area contributed by atoms with Crippen LogP contribution < -0.4 is 0 Å². The SMILES string of the molecule is C/C=C1/C2=CCCN3C(=O)O[C@@H](C23)[C@H]1O. The van der Waals surface area contributed by atoms with Gasteiger partial charge in [0.15, 0.2) is 6.10 Å². The van der Waals surface area contributed by atoms with Crippen LogP contribution in [-0.2, 0) is 4.74 Å². The number of aliphatic hydroxyl groups is 1. The van der Waals surface area contributed by atoms with E-state index in [1.165, 1.54) is 0 Å². The molecule has 2 heterocycles. The molecule has 1 saturated carbocycles. The van der Waals surface area contributed by atoms with Crippen LogP contribution in [0, 0.1) is 0 Å². The number of aliphatic hydroxyl groups excluding tert-OH is 1. The first kappa shape index (κ1) is 8.97. The Balaban J connectivity index is 2.10. The fourth-order valence-electron chi connectivity index (χ4n) is 2.81. The third-order valence-corrected chi connectivity index (χ3v) is 3.45. The zero-order valence-electron chi connectivity index (χ0n) is 8.51. The second kappa shape index (κ2) is 2.85. The lowest BCUT2D eigenvalue weighted by Crippen LogP contribution is -2.38. The van der Waals surface area contributed by atoms with Gasteiger partial charge in [0.2, 0.25) is 0 Å². The summed E-state index contributed by atoms with van der Waals surface area (Å²) in [5.41, 5.74) is 1.99. The van der Waals surface area contributed by atoms with Crippen molar-refractivity contribution in [2.45, 2.75) is 31.6 Å². The van der Waals surface area contributed by atoms with Crippen molar-refractivity contribution in [2.75, 3.05) is 6.54 Å². The van der Waals surface area contributed by atoms with Crippen LogP contribution in [0.5, 0.6) is 0 Å². The van der Waals surface area contributed by atoms with Gasteiger partial charge in [-0.05, 0) is 24.5 Å². The summed E-state index contributed by atoms with van der Waals surface area (Å²) in [6.07, 6.45) is 3.53. The second-order valence-corrected chi connectivity index (χ2v) is 4.12. The van der Waals surface area contributed by atoms with Crippen LogP contribution in [0.25, 0.3) is 0 Å². The van der Waals surface area contributed by atoms with Crippen LogP contribution in [0.15, 0.2) is 23.3 Å². The van der Waals surface area contributed by atoms with Gasteiger partial charge in [-0.15, -0.1) is 0 Å². The molecule has 1 saturated heterocycles. The van der Waals surface area contributed by atoms with Crippen LogP contribution in [0.2, 0.25) is 0 Å². The minimum absolute atomic E-state index is 0.0487. The van der Waals surface area contributed by atoms with E-state index in [0.717, 1.165) is 17.6 Å². The molecule has 1 aliphatic carbocycles. The van der Waals surface area contributed by atoms with Crippen molar-refractivity contribution in [1.82, 2.24) is 4.90 Å². The minimum atomic E-state index is -0.654. The Bertz CT molecular complexity index is 385. The highest BCUT2D eigenvalue weighted by Crippen LogP contribution is 2.43. The molecule has 1 N–H and O–H groups in total. The topological polar surface area (TPSA) is 49.8 Å². The van der Waals surface area contributed by atoms with Gasteiger partial charge < -0.3 is 9.84 Å². The number of allylic oxidation sites excluding steroid dienone is 1.